The molecule has 0 amide bonds. The van der Waals surface area contributed by atoms with Crippen molar-refractivity contribution >= 4 is 34.7 Å². The largest absolute Gasteiger partial charge is 3.00 e. The van der Waals surface area contributed by atoms with Gasteiger partial charge in [-0.1, -0.05) is 54.6 Å². The number of hydrogen-bond donors (Lipinski definition) is 0. The van der Waals surface area contributed by atoms with Crippen molar-refractivity contribution < 1.29 is 75.1 Å². The molecule has 0 aliphatic rings. The van der Waals surface area contributed by atoms with Crippen LogP contribution in [-0.4, -0.2) is 40.2 Å². The van der Waals surface area contributed by atoms with Gasteiger partial charge in [0.15, 0.2) is 0 Å². The predicted octanol–water partition coefficient (Wildman–Crippen LogP) is 4.16. The zero-order valence-electron chi connectivity index (χ0n) is 21.3. The van der Waals surface area contributed by atoms with Crippen LogP contribution in [0.5, 0.6) is 0 Å². The number of hydrogen-bond acceptors (Lipinski definition) is 6. The van der Waals surface area contributed by atoms with Crippen LogP contribution in [0.4, 0.5) is 0 Å². The molecular weight excluding hydrogens is 617 g/mol. The van der Waals surface area contributed by atoms with Gasteiger partial charge in [0.2, 0.25) is 0 Å². The van der Waals surface area contributed by atoms with Crippen LogP contribution in [0.25, 0.3) is 0 Å². The van der Waals surface area contributed by atoms with E-state index in [0.717, 1.165) is 19.3 Å². The Morgan fingerprint density at radius 2 is 0.605 bits per heavy atom. The fraction of sp³-hybridized carbons (Fsp3) is 0.100. The Morgan fingerprint density at radius 1 is 0.421 bits per heavy atom. The molecule has 0 fully saturated rings. The van der Waals surface area contributed by atoms with Crippen LogP contribution in [0.1, 0.15) is 51.8 Å². The zero-order chi connectivity index (χ0) is 26.9. The van der Waals surface area contributed by atoms with Gasteiger partial charge in [-0.05, 0) is 20.8 Å². The summed E-state index contributed by atoms with van der Waals surface area (Å²) in [4.78, 5) is 65.2. The zero-order valence-corrected chi connectivity index (χ0v) is 24.5. The Hall–Kier alpha value is -3.40. The number of rotatable bonds is 9. The summed E-state index contributed by atoms with van der Waals surface area (Å²) in [5, 5.41) is 0. The molecule has 7 nitrogen and oxygen atoms in total. The molecule has 0 bridgehead atoms. The summed E-state index contributed by atoms with van der Waals surface area (Å²) in [7, 11) is 0. The summed E-state index contributed by atoms with van der Waals surface area (Å²) >= 11 is 0. The third kappa shape index (κ3) is 16.4. The second kappa shape index (κ2) is 20.6. The quantitative estimate of drug-likeness (QED) is 0.195. The second-order valence-corrected chi connectivity index (χ2v) is 7.46. The third-order valence-corrected chi connectivity index (χ3v) is 4.18. The predicted molar refractivity (Wildman–Crippen MR) is 141 cm³/mol. The van der Waals surface area contributed by atoms with Gasteiger partial charge in [0.1, 0.15) is 0 Å². The smallest absolute Gasteiger partial charge is 0.412 e. The Labute approximate surface area is 255 Å². The molecule has 0 unspecified atom stereocenters. The molecule has 38 heavy (non-hydrogen) atoms. The van der Waals surface area contributed by atoms with Gasteiger partial charge < -0.3 is 34.2 Å². The van der Waals surface area contributed by atoms with Gasteiger partial charge in [0.05, 0.1) is 17.3 Å². The van der Waals surface area contributed by atoms with Crippen molar-refractivity contribution in [2.75, 3.05) is 0 Å². The Balaban J connectivity index is 0. The Kier molecular flexibility index (Phi) is 20.0. The van der Waals surface area contributed by atoms with Gasteiger partial charge in [0.25, 0.3) is 0 Å². The van der Waals surface area contributed by atoms with E-state index in [1.54, 1.807) is 72.8 Å². The van der Waals surface area contributed by atoms with E-state index in [4.69, 9.17) is 0 Å². The second-order valence-electron chi connectivity index (χ2n) is 7.46. The standard InChI is InChI=1S/3C10H9O2.Nd.H2O/c3*1-8(11)7-10(12)9-5-3-2-4-6-9;;/h3*2-7H,1H3;;1H2/q3*-1;+3;. The molecule has 0 atom stereocenters. The molecule has 0 spiro atoms. The number of benzene rings is 3. The van der Waals surface area contributed by atoms with E-state index in [9.17, 15) is 28.8 Å². The SMILES string of the molecule is CC(=O)[CH-]C(=O)c1ccccc1.CC(=O)[CH-]C(=O)c1ccccc1.CC(=O)[CH-]C(=O)c1ccccc1.O.[Nd+3]. The average molecular weight is 646 g/mol. The molecule has 0 aliphatic heterocycles. The van der Waals surface area contributed by atoms with Gasteiger partial charge in [-0.15, -0.1) is 72.4 Å². The first-order valence-electron chi connectivity index (χ1n) is 10.9. The monoisotopic (exact) mass is 643 g/mol. The molecule has 0 saturated heterocycles. The van der Waals surface area contributed by atoms with Crippen molar-refractivity contribution in [3.05, 3.63) is 127 Å². The molecule has 0 aliphatic carbocycles. The van der Waals surface area contributed by atoms with Crippen molar-refractivity contribution in [3.8, 4) is 0 Å². The van der Waals surface area contributed by atoms with Crippen molar-refractivity contribution in [1.82, 2.24) is 0 Å². The molecule has 0 heterocycles. The first-order chi connectivity index (χ1) is 17.1. The summed E-state index contributed by atoms with van der Waals surface area (Å²) in [6, 6.07) is 26.2. The van der Waals surface area contributed by atoms with E-state index in [2.05, 4.69) is 0 Å². The molecule has 0 saturated carbocycles. The van der Waals surface area contributed by atoms with Gasteiger partial charge in [-0.3, -0.25) is 0 Å². The minimum atomic E-state index is -0.233. The summed E-state index contributed by atoms with van der Waals surface area (Å²) in [6.45, 7) is 4.09. The van der Waals surface area contributed by atoms with Gasteiger partial charge in [-0.25, -0.2) is 0 Å². The van der Waals surface area contributed by atoms with Crippen LogP contribution in [-0.2, 0) is 14.4 Å². The number of carbonyl (C=O) groups excluding carboxylic acids is 6. The normalized spacial score (nSPS) is 8.61. The fourth-order valence-electron chi connectivity index (χ4n) is 2.61. The van der Waals surface area contributed by atoms with E-state index in [-0.39, 0.29) is 81.0 Å². The number of ketones is 6. The van der Waals surface area contributed by atoms with E-state index in [1.165, 1.54) is 20.8 Å². The maximum atomic E-state index is 11.2. The fourth-order valence-corrected chi connectivity index (χ4v) is 2.61. The summed E-state index contributed by atoms with van der Waals surface area (Å²) < 4.78 is 0. The molecule has 3 aromatic rings. The van der Waals surface area contributed by atoms with Gasteiger partial charge in [0, 0.05) is 17.3 Å². The first kappa shape index (κ1) is 36.8. The number of carbonyl (C=O) groups is 6. The van der Waals surface area contributed by atoms with E-state index in [1.807, 2.05) is 18.2 Å². The molecular formula is C30H29NdO7. The topological polar surface area (TPSA) is 134 Å². The number of Topliss-reactive ketones (excluding diaryl/α,β-unsaturated/α-hetero) is 6. The van der Waals surface area contributed by atoms with E-state index in [0.29, 0.717) is 16.7 Å². The van der Waals surface area contributed by atoms with Gasteiger partial charge in [-0.2, -0.15) is 0 Å². The maximum Gasteiger partial charge on any atom is 3.00 e. The van der Waals surface area contributed by atoms with Crippen LogP contribution < -0.4 is 0 Å². The van der Waals surface area contributed by atoms with E-state index < -0.39 is 0 Å². The van der Waals surface area contributed by atoms with Crippen LogP contribution >= 0.6 is 0 Å². The summed E-state index contributed by atoms with van der Waals surface area (Å²) in [5.74, 6) is -1.36. The summed E-state index contributed by atoms with van der Waals surface area (Å²) in [5.41, 5.74) is 1.65. The van der Waals surface area contributed by atoms with Crippen LogP contribution in [0.2, 0.25) is 0 Å². The minimum Gasteiger partial charge on any atom is -0.412 e. The molecule has 1 radical (unpaired) electrons. The molecule has 3 aromatic carbocycles. The average Bonchev–Trinajstić information content (AvgIpc) is 2.85. The van der Waals surface area contributed by atoms with Gasteiger partial charge >= 0.3 is 40.8 Å². The molecule has 2 N–H and O–H groups in total. The molecule has 3 rings (SSSR count). The molecule has 0 aromatic heterocycles. The van der Waals surface area contributed by atoms with Crippen LogP contribution in [0.3, 0.4) is 0 Å². The third-order valence-electron chi connectivity index (χ3n) is 4.18. The van der Waals surface area contributed by atoms with Crippen LogP contribution in [0, 0.1) is 60.1 Å². The Morgan fingerprint density at radius 3 is 0.763 bits per heavy atom. The summed E-state index contributed by atoms with van der Waals surface area (Å²) in [6.07, 6.45) is 3.28. The minimum absolute atomic E-state index is 0. The van der Waals surface area contributed by atoms with Crippen molar-refractivity contribution in [2.45, 2.75) is 20.8 Å². The molecule has 8 heteroatoms. The van der Waals surface area contributed by atoms with E-state index >= 15 is 0 Å². The Bertz CT molecular complexity index is 1020. The van der Waals surface area contributed by atoms with Crippen molar-refractivity contribution in [1.29, 1.82) is 0 Å². The van der Waals surface area contributed by atoms with Crippen molar-refractivity contribution in [3.63, 3.8) is 0 Å². The van der Waals surface area contributed by atoms with Crippen LogP contribution in [0.15, 0.2) is 91.0 Å². The molecule has 195 valence electrons. The van der Waals surface area contributed by atoms with Crippen molar-refractivity contribution in [2.24, 2.45) is 0 Å². The maximum absolute atomic E-state index is 11.2. The first-order valence-corrected chi connectivity index (χ1v) is 10.9.